The van der Waals surface area contributed by atoms with Crippen LogP contribution in [0.5, 0.6) is 0 Å². The zero-order valence-corrected chi connectivity index (χ0v) is 14.1. The summed E-state index contributed by atoms with van der Waals surface area (Å²) in [6.45, 7) is 4.29. The standard InChI is InChI=1S/C17H25F2OSi/c1-3-17(4-2,20-21)12-8-6-5-7-9-14-10-11-15(18)16(19)13-14/h10-11,13H,3-9,12H2,1-2H3. The maximum absolute atomic E-state index is 13.1. The Morgan fingerprint density at radius 3 is 2.24 bits per heavy atom. The molecule has 0 aliphatic rings. The molecule has 0 saturated heterocycles. The molecule has 0 aromatic heterocycles. The van der Waals surface area contributed by atoms with Gasteiger partial charge in [0.15, 0.2) is 11.6 Å². The molecule has 1 nitrogen and oxygen atoms in total. The predicted molar refractivity (Wildman–Crippen MR) is 83.3 cm³/mol. The zero-order chi connectivity index (χ0) is 15.7. The van der Waals surface area contributed by atoms with Gasteiger partial charge < -0.3 is 4.43 Å². The third-order valence-corrected chi connectivity index (χ3v) is 4.77. The molecule has 1 aromatic carbocycles. The van der Waals surface area contributed by atoms with Gasteiger partial charge in [-0.2, -0.15) is 0 Å². The van der Waals surface area contributed by atoms with Gasteiger partial charge in [-0.3, -0.25) is 0 Å². The molecule has 0 aliphatic carbocycles. The van der Waals surface area contributed by atoms with E-state index in [-0.39, 0.29) is 5.60 Å². The molecule has 0 bridgehead atoms. The van der Waals surface area contributed by atoms with E-state index in [1.54, 1.807) is 6.07 Å². The summed E-state index contributed by atoms with van der Waals surface area (Å²) < 4.78 is 31.3. The number of halogens is 2. The minimum Gasteiger partial charge on any atom is -0.413 e. The Bertz CT molecular complexity index is 411. The Kier molecular flexibility index (Phi) is 8.12. The molecule has 21 heavy (non-hydrogen) atoms. The minimum atomic E-state index is -0.774. The van der Waals surface area contributed by atoms with Gasteiger partial charge >= 0.3 is 0 Å². The number of rotatable bonds is 10. The van der Waals surface area contributed by atoms with Crippen molar-refractivity contribution < 1.29 is 13.2 Å². The van der Waals surface area contributed by atoms with Crippen molar-refractivity contribution in [2.45, 2.75) is 70.8 Å². The Morgan fingerprint density at radius 1 is 1.00 bits per heavy atom. The van der Waals surface area contributed by atoms with Gasteiger partial charge in [0.25, 0.3) is 0 Å². The normalized spacial score (nSPS) is 11.9. The van der Waals surface area contributed by atoms with Crippen molar-refractivity contribution in [3.8, 4) is 0 Å². The molecule has 0 heterocycles. The fourth-order valence-corrected chi connectivity index (χ4v) is 3.01. The van der Waals surface area contributed by atoms with Gasteiger partial charge in [0.05, 0.1) is 5.60 Å². The predicted octanol–water partition coefficient (Wildman–Crippen LogP) is 5.12. The fourth-order valence-electron chi connectivity index (χ4n) is 2.62. The van der Waals surface area contributed by atoms with Crippen molar-refractivity contribution in [1.82, 2.24) is 0 Å². The van der Waals surface area contributed by atoms with Crippen molar-refractivity contribution in [3.05, 3.63) is 35.4 Å². The van der Waals surface area contributed by atoms with Gasteiger partial charge in [-0.05, 0) is 49.8 Å². The first kappa shape index (κ1) is 18.3. The quantitative estimate of drug-likeness (QED) is 0.430. The molecule has 0 fully saturated rings. The van der Waals surface area contributed by atoms with Crippen molar-refractivity contribution in [2.24, 2.45) is 0 Å². The van der Waals surface area contributed by atoms with Gasteiger partial charge in [-0.1, -0.05) is 39.2 Å². The van der Waals surface area contributed by atoms with E-state index in [0.717, 1.165) is 56.9 Å². The van der Waals surface area contributed by atoms with Crippen LogP contribution in [-0.4, -0.2) is 16.1 Å². The van der Waals surface area contributed by atoms with Crippen LogP contribution >= 0.6 is 0 Å². The highest BCUT2D eigenvalue weighted by Gasteiger charge is 2.23. The minimum absolute atomic E-state index is 0.0447. The van der Waals surface area contributed by atoms with E-state index in [9.17, 15) is 8.78 Å². The first-order valence-corrected chi connectivity index (χ1v) is 8.26. The van der Waals surface area contributed by atoms with E-state index in [2.05, 4.69) is 24.3 Å². The van der Waals surface area contributed by atoms with Gasteiger partial charge in [-0.25, -0.2) is 8.78 Å². The summed E-state index contributed by atoms with van der Waals surface area (Å²) in [7, 11) is 3.20. The first-order chi connectivity index (χ1) is 10.1. The molecule has 0 spiro atoms. The lowest BCUT2D eigenvalue weighted by atomic mass is 9.90. The summed E-state index contributed by atoms with van der Waals surface area (Å²) in [6.07, 6.45) is 8.23. The first-order valence-electron chi connectivity index (χ1n) is 7.85. The van der Waals surface area contributed by atoms with Crippen LogP contribution < -0.4 is 0 Å². The number of benzene rings is 1. The number of aryl methyl sites for hydroxylation is 1. The third kappa shape index (κ3) is 5.87. The average Bonchev–Trinajstić information content (AvgIpc) is 2.51. The highest BCUT2D eigenvalue weighted by atomic mass is 28.2. The Labute approximate surface area is 130 Å². The lowest BCUT2D eigenvalue weighted by Crippen LogP contribution is -2.30. The largest absolute Gasteiger partial charge is 0.413 e. The summed E-state index contributed by atoms with van der Waals surface area (Å²) in [5.74, 6) is -1.53. The molecule has 4 heteroatoms. The summed E-state index contributed by atoms with van der Waals surface area (Å²) in [6, 6.07) is 4.16. The lowest BCUT2D eigenvalue weighted by Gasteiger charge is -2.30. The summed E-state index contributed by atoms with van der Waals surface area (Å²) in [5, 5.41) is 0. The highest BCUT2D eigenvalue weighted by molar-refractivity contribution is 5.98. The summed E-state index contributed by atoms with van der Waals surface area (Å²) >= 11 is 0. The number of hydrogen-bond donors (Lipinski definition) is 0. The second-order valence-electron chi connectivity index (χ2n) is 5.65. The molecule has 0 amide bonds. The summed E-state index contributed by atoms with van der Waals surface area (Å²) in [4.78, 5) is 0. The van der Waals surface area contributed by atoms with Gasteiger partial charge in [0, 0.05) is 0 Å². The molecule has 0 saturated carbocycles. The van der Waals surface area contributed by atoms with Crippen molar-refractivity contribution >= 4 is 10.5 Å². The SMILES string of the molecule is CCC(CC)(CCCCCCc1ccc(F)c(F)c1)O[Si]. The van der Waals surface area contributed by atoms with Crippen LogP contribution in [0.15, 0.2) is 18.2 Å². The van der Waals surface area contributed by atoms with E-state index in [4.69, 9.17) is 4.43 Å². The van der Waals surface area contributed by atoms with E-state index in [1.165, 1.54) is 12.1 Å². The van der Waals surface area contributed by atoms with Crippen LogP contribution in [0.2, 0.25) is 0 Å². The van der Waals surface area contributed by atoms with Crippen LogP contribution in [0.25, 0.3) is 0 Å². The molecule has 0 atom stereocenters. The fraction of sp³-hybridized carbons (Fsp3) is 0.647. The second-order valence-corrected chi connectivity index (χ2v) is 5.86. The van der Waals surface area contributed by atoms with Crippen LogP contribution in [0.1, 0.15) is 64.4 Å². The monoisotopic (exact) mass is 311 g/mol. The molecule has 1 aromatic rings. The molecule has 3 radical (unpaired) electrons. The smallest absolute Gasteiger partial charge is 0.247 e. The molecular formula is C17H25F2OSi. The number of unbranched alkanes of at least 4 members (excludes halogenated alkanes) is 3. The van der Waals surface area contributed by atoms with Crippen LogP contribution in [0, 0.1) is 11.6 Å². The van der Waals surface area contributed by atoms with Crippen LogP contribution in [0.4, 0.5) is 8.78 Å². The van der Waals surface area contributed by atoms with Gasteiger partial charge in [0.1, 0.15) is 0 Å². The Morgan fingerprint density at radius 2 is 1.67 bits per heavy atom. The average molecular weight is 311 g/mol. The van der Waals surface area contributed by atoms with E-state index < -0.39 is 11.6 Å². The van der Waals surface area contributed by atoms with Crippen LogP contribution in [0.3, 0.4) is 0 Å². The maximum Gasteiger partial charge on any atom is 0.247 e. The molecule has 117 valence electrons. The zero-order valence-electron chi connectivity index (χ0n) is 13.1. The molecule has 1 rings (SSSR count). The van der Waals surface area contributed by atoms with Crippen molar-refractivity contribution in [3.63, 3.8) is 0 Å². The van der Waals surface area contributed by atoms with E-state index in [1.807, 2.05) is 0 Å². The number of hydrogen-bond acceptors (Lipinski definition) is 1. The topological polar surface area (TPSA) is 9.23 Å². The molecule has 0 N–H and O–H groups in total. The maximum atomic E-state index is 13.1. The molecule has 0 unspecified atom stereocenters. The summed E-state index contributed by atoms with van der Waals surface area (Å²) in [5.41, 5.74) is 0.825. The van der Waals surface area contributed by atoms with E-state index >= 15 is 0 Å². The van der Waals surface area contributed by atoms with Crippen molar-refractivity contribution in [2.75, 3.05) is 0 Å². The van der Waals surface area contributed by atoms with E-state index in [0.29, 0.717) is 0 Å². The van der Waals surface area contributed by atoms with Crippen LogP contribution in [-0.2, 0) is 10.8 Å². The Balaban J connectivity index is 2.21. The van der Waals surface area contributed by atoms with Gasteiger partial charge in [-0.15, -0.1) is 0 Å². The molecule has 0 aliphatic heterocycles. The van der Waals surface area contributed by atoms with Crippen molar-refractivity contribution in [1.29, 1.82) is 0 Å². The molecular weight excluding hydrogens is 286 g/mol. The Hall–Kier alpha value is -0.743. The third-order valence-electron chi connectivity index (χ3n) is 4.34. The van der Waals surface area contributed by atoms with Gasteiger partial charge in [0.2, 0.25) is 10.5 Å². The lowest BCUT2D eigenvalue weighted by molar-refractivity contribution is 0.0583. The highest BCUT2D eigenvalue weighted by Crippen LogP contribution is 2.26. The second kappa shape index (κ2) is 9.31.